The first-order chi connectivity index (χ1) is 17.9. The summed E-state index contributed by atoms with van der Waals surface area (Å²) in [4.78, 5) is 20.7. The van der Waals surface area contributed by atoms with Gasteiger partial charge in [0.15, 0.2) is 11.2 Å². The number of nitrogens with zero attached hydrogens (tertiary/aromatic N) is 5. The summed E-state index contributed by atoms with van der Waals surface area (Å²) >= 11 is 0. The number of nitrogens with one attached hydrogen (secondary N) is 1. The van der Waals surface area contributed by atoms with Gasteiger partial charge >= 0.3 is 0 Å². The molecular formula is C27H26N6O3S. The molecule has 3 heterocycles. The lowest BCUT2D eigenvalue weighted by atomic mass is 9.99. The molecule has 10 heteroatoms. The summed E-state index contributed by atoms with van der Waals surface area (Å²) < 4.78 is 30.5. The van der Waals surface area contributed by atoms with Crippen LogP contribution in [-0.2, 0) is 16.6 Å². The number of benzene rings is 3. The summed E-state index contributed by atoms with van der Waals surface area (Å²) in [5.41, 5.74) is 2.37. The summed E-state index contributed by atoms with van der Waals surface area (Å²) in [6.07, 6.45) is 1.38. The van der Waals surface area contributed by atoms with Crippen molar-refractivity contribution in [1.29, 1.82) is 0 Å². The van der Waals surface area contributed by atoms with Crippen LogP contribution >= 0.6 is 0 Å². The van der Waals surface area contributed by atoms with Crippen molar-refractivity contribution >= 4 is 32.0 Å². The third kappa shape index (κ3) is 4.32. The third-order valence-electron chi connectivity index (χ3n) is 6.98. The fourth-order valence-corrected chi connectivity index (χ4v) is 6.73. The molecule has 0 bridgehead atoms. The Morgan fingerprint density at radius 1 is 1.03 bits per heavy atom. The van der Waals surface area contributed by atoms with Gasteiger partial charge in [0.05, 0.1) is 11.4 Å². The van der Waals surface area contributed by atoms with Gasteiger partial charge < -0.3 is 4.98 Å². The smallest absolute Gasteiger partial charge is 0.281 e. The molecule has 9 nitrogen and oxygen atoms in total. The van der Waals surface area contributed by atoms with E-state index in [2.05, 4.69) is 15.3 Å². The largest absolute Gasteiger partial charge is 0.308 e. The minimum absolute atomic E-state index is 0.173. The SMILES string of the molecule is Cc1ccc(Cn2nnc3c(=O)[nH]c(C4CCCN(S(=O)(=O)c5cccc6ccccc56)C4)nc32)cc1. The number of sulfonamides is 1. The van der Waals surface area contributed by atoms with E-state index in [1.807, 2.05) is 61.5 Å². The molecule has 0 amide bonds. The minimum atomic E-state index is -3.74. The van der Waals surface area contributed by atoms with Crippen molar-refractivity contribution < 1.29 is 8.42 Å². The molecule has 1 saturated heterocycles. The average molecular weight is 515 g/mol. The van der Waals surface area contributed by atoms with Gasteiger partial charge in [-0.3, -0.25) is 4.79 Å². The Labute approximate surface area is 213 Å². The fraction of sp³-hybridized carbons (Fsp3) is 0.259. The molecule has 0 saturated carbocycles. The van der Waals surface area contributed by atoms with E-state index in [1.54, 1.807) is 16.8 Å². The van der Waals surface area contributed by atoms with Gasteiger partial charge in [-0.25, -0.2) is 18.1 Å². The van der Waals surface area contributed by atoms with Crippen LogP contribution in [0.5, 0.6) is 0 Å². The molecule has 188 valence electrons. The quantitative estimate of drug-likeness (QED) is 0.383. The first-order valence-corrected chi connectivity index (χ1v) is 13.7. The van der Waals surface area contributed by atoms with Crippen LogP contribution in [0.25, 0.3) is 21.9 Å². The topological polar surface area (TPSA) is 114 Å². The minimum Gasteiger partial charge on any atom is -0.308 e. The molecule has 1 aliphatic rings. The monoisotopic (exact) mass is 514 g/mol. The van der Waals surface area contributed by atoms with Gasteiger partial charge in [-0.2, -0.15) is 4.31 Å². The van der Waals surface area contributed by atoms with Crippen molar-refractivity contribution in [2.75, 3.05) is 13.1 Å². The molecule has 37 heavy (non-hydrogen) atoms. The first kappa shape index (κ1) is 23.5. The standard InChI is InChI=1S/C27H26N6O3S/c1-18-11-13-19(14-12-18)16-33-26-24(30-31-33)27(34)29-25(28-26)21-8-5-15-32(17-21)37(35,36)23-10-4-7-20-6-2-3-9-22(20)23/h2-4,6-7,9-14,21H,5,8,15-17H2,1H3,(H,28,29,34). The zero-order valence-corrected chi connectivity index (χ0v) is 21.1. The van der Waals surface area contributed by atoms with Crippen LogP contribution in [-0.4, -0.2) is 50.8 Å². The van der Waals surface area contributed by atoms with E-state index < -0.39 is 10.0 Å². The number of H-pyrrole nitrogens is 1. The van der Waals surface area contributed by atoms with Crippen LogP contribution in [0.4, 0.5) is 0 Å². The lowest BCUT2D eigenvalue weighted by Crippen LogP contribution is -2.40. The van der Waals surface area contributed by atoms with E-state index in [1.165, 1.54) is 4.31 Å². The highest BCUT2D eigenvalue weighted by atomic mass is 32.2. The number of hydrogen-bond donors (Lipinski definition) is 1. The van der Waals surface area contributed by atoms with Crippen LogP contribution in [0.15, 0.2) is 76.4 Å². The highest BCUT2D eigenvalue weighted by Crippen LogP contribution is 2.31. The summed E-state index contributed by atoms with van der Waals surface area (Å²) in [6, 6.07) is 20.9. The van der Waals surface area contributed by atoms with E-state index in [0.29, 0.717) is 41.3 Å². The summed E-state index contributed by atoms with van der Waals surface area (Å²) in [6.45, 7) is 3.11. The van der Waals surface area contributed by atoms with Crippen LogP contribution < -0.4 is 5.56 Å². The number of fused-ring (bicyclic) bond motifs is 2. The van der Waals surface area contributed by atoms with Crippen molar-refractivity contribution in [1.82, 2.24) is 29.3 Å². The molecule has 1 unspecified atom stereocenters. The van der Waals surface area contributed by atoms with E-state index in [4.69, 9.17) is 4.98 Å². The van der Waals surface area contributed by atoms with Gasteiger partial charge in [0.25, 0.3) is 5.56 Å². The molecule has 2 aromatic heterocycles. The fourth-order valence-electron chi connectivity index (χ4n) is 4.99. The van der Waals surface area contributed by atoms with Crippen LogP contribution in [0.3, 0.4) is 0 Å². The number of aryl methyl sites for hydroxylation is 1. The number of piperidine rings is 1. The predicted molar refractivity (Wildman–Crippen MR) is 141 cm³/mol. The van der Waals surface area contributed by atoms with Gasteiger partial charge in [0, 0.05) is 24.4 Å². The lowest BCUT2D eigenvalue weighted by molar-refractivity contribution is 0.309. The van der Waals surface area contributed by atoms with Gasteiger partial charge in [-0.05, 0) is 36.8 Å². The summed E-state index contributed by atoms with van der Waals surface area (Å²) in [5.74, 6) is 0.209. The second-order valence-electron chi connectivity index (χ2n) is 9.54. The number of aromatic nitrogens is 5. The second kappa shape index (κ2) is 9.20. The van der Waals surface area contributed by atoms with E-state index in [9.17, 15) is 13.2 Å². The second-order valence-corrected chi connectivity index (χ2v) is 11.4. The number of hydrogen-bond acceptors (Lipinski definition) is 6. The third-order valence-corrected chi connectivity index (χ3v) is 8.91. The Kier molecular flexibility index (Phi) is 5.85. The van der Waals surface area contributed by atoms with E-state index in [-0.39, 0.29) is 23.5 Å². The van der Waals surface area contributed by atoms with Gasteiger partial charge in [0.2, 0.25) is 10.0 Å². The first-order valence-electron chi connectivity index (χ1n) is 12.3. The van der Waals surface area contributed by atoms with Crippen molar-refractivity contribution in [2.45, 2.75) is 37.1 Å². The van der Waals surface area contributed by atoms with Crippen molar-refractivity contribution in [3.05, 3.63) is 94.0 Å². The molecular weight excluding hydrogens is 488 g/mol. The number of aromatic amines is 1. The highest BCUT2D eigenvalue weighted by molar-refractivity contribution is 7.89. The zero-order chi connectivity index (χ0) is 25.6. The molecule has 0 spiro atoms. The maximum atomic E-state index is 13.7. The molecule has 3 aromatic carbocycles. The Hall–Kier alpha value is -3.89. The van der Waals surface area contributed by atoms with Gasteiger partial charge in [-0.15, -0.1) is 5.10 Å². The molecule has 0 aliphatic carbocycles. The average Bonchev–Trinajstić information content (AvgIpc) is 3.33. The predicted octanol–water partition coefficient (Wildman–Crippen LogP) is 3.59. The molecule has 1 atom stereocenters. The Balaban J connectivity index is 1.33. The Bertz CT molecular complexity index is 1770. The highest BCUT2D eigenvalue weighted by Gasteiger charge is 2.33. The molecule has 1 N–H and O–H groups in total. The normalized spacial score (nSPS) is 16.9. The molecule has 1 fully saturated rings. The van der Waals surface area contributed by atoms with Crippen molar-refractivity contribution in [2.24, 2.45) is 0 Å². The number of rotatable bonds is 5. The maximum absolute atomic E-state index is 13.7. The van der Waals surface area contributed by atoms with Gasteiger partial charge in [0.1, 0.15) is 5.82 Å². The Morgan fingerprint density at radius 3 is 2.65 bits per heavy atom. The summed E-state index contributed by atoms with van der Waals surface area (Å²) in [5, 5.41) is 9.78. The molecule has 6 rings (SSSR count). The van der Waals surface area contributed by atoms with Crippen LogP contribution in [0.2, 0.25) is 0 Å². The maximum Gasteiger partial charge on any atom is 0.281 e. The van der Waals surface area contributed by atoms with Crippen LogP contribution in [0.1, 0.15) is 35.7 Å². The van der Waals surface area contributed by atoms with Crippen molar-refractivity contribution in [3.8, 4) is 0 Å². The van der Waals surface area contributed by atoms with Gasteiger partial charge in [-0.1, -0.05) is 71.4 Å². The van der Waals surface area contributed by atoms with E-state index >= 15 is 0 Å². The lowest BCUT2D eigenvalue weighted by Gasteiger charge is -2.31. The van der Waals surface area contributed by atoms with Crippen LogP contribution in [0, 0.1) is 6.92 Å². The summed E-state index contributed by atoms with van der Waals surface area (Å²) in [7, 11) is -3.74. The molecule has 0 radical (unpaired) electrons. The Morgan fingerprint density at radius 2 is 1.81 bits per heavy atom. The zero-order valence-electron chi connectivity index (χ0n) is 20.3. The van der Waals surface area contributed by atoms with Crippen molar-refractivity contribution in [3.63, 3.8) is 0 Å². The molecule has 1 aliphatic heterocycles. The molecule has 5 aromatic rings. The van der Waals surface area contributed by atoms with E-state index in [0.717, 1.165) is 22.9 Å².